The molecule has 6 nitrogen and oxygen atoms in total. The van der Waals surface area contributed by atoms with Crippen LogP contribution in [0.25, 0.3) is 133 Å². The Morgan fingerprint density at radius 1 is 0.313 bits per heavy atom. The molecule has 312 valence electrons. The smallest absolute Gasteiger partial charge is 0.155 e. The highest BCUT2D eigenvalue weighted by atomic mass is 16.3. The van der Waals surface area contributed by atoms with E-state index in [-0.39, 0.29) is 0 Å². The second-order valence-electron chi connectivity index (χ2n) is 17.2. The third kappa shape index (κ3) is 6.00. The molecule has 6 heteroatoms. The van der Waals surface area contributed by atoms with Gasteiger partial charge >= 0.3 is 0 Å². The Balaban J connectivity index is 0.893. The lowest BCUT2D eigenvalue weighted by atomic mass is 9.97. The van der Waals surface area contributed by atoms with Gasteiger partial charge in [0.15, 0.2) is 11.2 Å². The van der Waals surface area contributed by atoms with E-state index in [1.165, 1.54) is 32.3 Å². The molecule has 0 spiro atoms. The van der Waals surface area contributed by atoms with Crippen LogP contribution in [0.2, 0.25) is 0 Å². The van der Waals surface area contributed by atoms with Crippen LogP contribution in [0.15, 0.2) is 229 Å². The van der Waals surface area contributed by atoms with Crippen LogP contribution in [0.5, 0.6) is 0 Å². The minimum atomic E-state index is 0.721. The van der Waals surface area contributed by atoms with Gasteiger partial charge in [0, 0.05) is 33.3 Å². The van der Waals surface area contributed by atoms with E-state index in [1.54, 1.807) is 6.20 Å². The van der Waals surface area contributed by atoms with Crippen molar-refractivity contribution in [1.82, 2.24) is 24.1 Å². The van der Waals surface area contributed by atoms with E-state index in [4.69, 9.17) is 14.4 Å². The number of rotatable bonds is 6. The lowest BCUT2D eigenvalue weighted by Gasteiger charge is -2.13. The van der Waals surface area contributed by atoms with Gasteiger partial charge in [-0.2, -0.15) is 0 Å². The number of pyridine rings is 3. The SMILES string of the molecule is c1ccc(-c2cc(-c3ccc4ccccc4c3)cc(-n3c4ccccc4c4cc(-c5cccc(-c6ccc7c8ccccc8n(-c8ccc9oc%10cccnc%10c9n8)c7c6)c5)ccc43)n2)cc1. The lowest BCUT2D eigenvalue weighted by molar-refractivity contribution is 0.667. The van der Waals surface area contributed by atoms with Gasteiger partial charge in [-0.3, -0.25) is 14.1 Å². The summed E-state index contributed by atoms with van der Waals surface area (Å²) in [5, 5.41) is 7.14. The number of hydrogen-bond donors (Lipinski definition) is 0. The summed E-state index contributed by atoms with van der Waals surface area (Å²) in [6.45, 7) is 0. The Bertz CT molecular complexity index is 4290. The predicted octanol–water partition coefficient (Wildman–Crippen LogP) is 15.8. The first-order valence-corrected chi connectivity index (χ1v) is 22.6. The van der Waals surface area contributed by atoms with Crippen molar-refractivity contribution in [2.75, 3.05) is 0 Å². The fourth-order valence-corrected chi connectivity index (χ4v) is 10.2. The molecule has 0 N–H and O–H groups in total. The molecule has 0 saturated carbocycles. The van der Waals surface area contributed by atoms with Gasteiger partial charge in [-0.05, 0) is 123 Å². The van der Waals surface area contributed by atoms with Gasteiger partial charge in [0.25, 0.3) is 0 Å². The van der Waals surface area contributed by atoms with Gasteiger partial charge in [0.2, 0.25) is 0 Å². The third-order valence-electron chi connectivity index (χ3n) is 13.4. The standard InChI is InChI=1S/C61H37N5O/c1-2-13-39(14-3-1)51-35-46(43-24-23-38-12-4-5-15-40(38)32-43)37-59(63-51)65-53-21-9-7-19-48(53)50-34-44(26-28-54(50)65)41-16-10-17-42(33-41)45-25-27-49-47-18-6-8-20-52(47)66(55(49)36-45)58-30-29-57-61(64-58)60-56(67-57)22-11-31-62-60/h1-37H. The molecule has 0 radical (unpaired) electrons. The van der Waals surface area contributed by atoms with Crippen LogP contribution in [-0.4, -0.2) is 24.1 Å². The Hall–Kier alpha value is -9.13. The Labute approximate surface area is 384 Å². The van der Waals surface area contributed by atoms with Gasteiger partial charge in [-0.15, -0.1) is 0 Å². The summed E-state index contributed by atoms with van der Waals surface area (Å²) in [7, 11) is 0. The van der Waals surface area contributed by atoms with E-state index in [9.17, 15) is 0 Å². The van der Waals surface area contributed by atoms with Crippen molar-refractivity contribution >= 4 is 76.6 Å². The molecule has 0 amide bonds. The molecule has 6 aromatic heterocycles. The van der Waals surface area contributed by atoms with Crippen molar-refractivity contribution in [1.29, 1.82) is 0 Å². The molecule has 14 aromatic rings. The van der Waals surface area contributed by atoms with Gasteiger partial charge in [-0.1, -0.05) is 140 Å². The van der Waals surface area contributed by atoms with E-state index in [2.05, 4.69) is 208 Å². The van der Waals surface area contributed by atoms with Crippen molar-refractivity contribution in [3.05, 3.63) is 225 Å². The summed E-state index contributed by atoms with van der Waals surface area (Å²) in [5.41, 5.74) is 16.2. The quantitative estimate of drug-likeness (QED) is 0.167. The number of hydrogen-bond acceptors (Lipinski definition) is 4. The van der Waals surface area contributed by atoms with Crippen LogP contribution in [0, 0.1) is 0 Å². The number of nitrogens with zero attached hydrogens (tertiary/aromatic N) is 5. The van der Waals surface area contributed by atoms with Crippen molar-refractivity contribution in [2.45, 2.75) is 0 Å². The monoisotopic (exact) mass is 855 g/mol. The maximum atomic E-state index is 6.10. The Morgan fingerprint density at radius 2 is 0.940 bits per heavy atom. The van der Waals surface area contributed by atoms with Crippen LogP contribution >= 0.6 is 0 Å². The normalized spacial score (nSPS) is 11.9. The molecule has 6 heterocycles. The van der Waals surface area contributed by atoms with Gasteiger partial charge in [-0.25, -0.2) is 9.97 Å². The zero-order chi connectivity index (χ0) is 44.0. The molecule has 8 aromatic carbocycles. The highest BCUT2D eigenvalue weighted by molar-refractivity contribution is 6.12. The molecule has 0 fully saturated rings. The first kappa shape index (κ1) is 37.3. The number of furan rings is 1. The molecule has 0 aliphatic rings. The molecule has 0 aliphatic carbocycles. The van der Waals surface area contributed by atoms with Crippen molar-refractivity contribution in [2.24, 2.45) is 0 Å². The third-order valence-corrected chi connectivity index (χ3v) is 13.4. The van der Waals surface area contributed by atoms with E-state index >= 15 is 0 Å². The van der Waals surface area contributed by atoms with Crippen molar-refractivity contribution < 1.29 is 4.42 Å². The van der Waals surface area contributed by atoms with Crippen molar-refractivity contribution in [3.63, 3.8) is 0 Å². The summed E-state index contributed by atoms with van der Waals surface area (Å²) in [6, 6.07) is 77.8. The summed E-state index contributed by atoms with van der Waals surface area (Å²) in [6.07, 6.45) is 1.79. The fourth-order valence-electron chi connectivity index (χ4n) is 10.2. The minimum absolute atomic E-state index is 0.721. The van der Waals surface area contributed by atoms with E-state index in [0.717, 1.165) is 101 Å². The van der Waals surface area contributed by atoms with Crippen LogP contribution < -0.4 is 0 Å². The van der Waals surface area contributed by atoms with Crippen LogP contribution in [0.1, 0.15) is 0 Å². The molecular formula is C61H37N5O. The molecule has 67 heavy (non-hydrogen) atoms. The second kappa shape index (κ2) is 14.7. The topological polar surface area (TPSA) is 61.7 Å². The zero-order valence-corrected chi connectivity index (χ0v) is 36.0. The number of para-hydroxylation sites is 2. The highest BCUT2D eigenvalue weighted by Crippen LogP contribution is 2.40. The van der Waals surface area contributed by atoms with Crippen molar-refractivity contribution in [3.8, 4) is 56.3 Å². The number of aromatic nitrogens is 5. The fraction of sp³-hybridized carbons (Fsp3) is 0. The van der Waals surface area contributed by atoms with Crippen LogP contribution in [0.3, 0.4) is 0 Å². The molecular weight excluding hydrogens is 819 g/mol. The van der Waals surface area contributed by atoms with Crippen LogP contribution in [0.4, 0.5) is 0 Å². The largest absolute Gasteiger partial charge is 0.453 e. The summed E-state index contributed by atoms with van der Waals surface area (Å²) in [5.74, 6) is 1.69. The molecule has 0 atom stereocenters. The number of benzene rings is 8. The Kier molecular flexibility index (Phi) is 8.18. The Morgan fingerprint density at radius 3 is 1.79 bits per heavy atom. The molecule has 0 saturated heterocycles. The minimum Gasteiger partial charge on any atom is -0.453 e. The number of fused-ring (bicyclic) bond motifs is 10. The molecule has 14 rings (SSSR count). The zero-order valence-electron chi connectivity index (χ0n) is 36.0. The van der Waals surface area contributed by atoms with Gasteiger partial charge in [0.05, 0.1) is 27.8 Å². The summed E-state index contributed by atoms with van der Waals surface area (Å²) in [4.78, 5) is 15.2. The van der Waals surface area contributed by atoms with E-state index < -0.39 is 0 Å². The second-order valence-corrected chi connectivity index (χ2v) is 17.2. The first-order chi connectivity index (χ1) is 33.2. The molecule has 0 aliphatic heterocycles. The van der Waals surface area contributed by atoms with Gasteiger partial charge in [0.1, 0.15) is 22.7 Å². The first-order valence-electron chi connectivity index (χ1n) is 22.6. The maximum absolute atomic E-state index is 6.10. The summed E-state index contributed by atoms with van der Waals surface area (Å²) < 4.78 is 10.7. The van der Waals surface area contributed by atoms with E-state index in [0.29, 0.717) is 0 Å². The lowest BCUT2D eigenvalue weighted by Crippen LogP contribution is -2.00. The summed E-state index contributed by atoms with van der Waals surface area (Å²) >= 11 is 0. The molecule has 0 bridgehead atoms. The van der Waals surface area contributed by atoms with Gasteiger partial charge < -0.3 is 4.42 Å². The van der Waals surface area contributed by atoms with E-state index in [1.807, 2.05) is 24.3 Å². The highest BCUT2D eigenvalue weighted by Gasteiger charge is 2.19. The maximum Gasteiger partial charge on any atom is 0.155 e. The predicted molar refractivity (Wildman–Crippen MR) is 275 cm³/mol. The average Bonchev–Trinajstić information content (AvgIpc) is 4.05. The van der Waals surface area contributed by atoms with Crippen LogP contribution in [-0.2, 0) is 0 Å². The average molecular weight is 856 g/mol. The molecule has 0 unspecified atom stereocenters.